The monoisotopic (exact) mass is 367 g/mol. The predicted molar refractivity (Wildman–Crippen MR) is 104 cm³/mol. The average molecular weight is 367 g/mol. The second-order valence-corrected chi connectivity index (χ2v) is 6.74. The summed E-state index contributed by atoms with van der Waals surface area (Å²) in [5.41, 5.74) is 3.17. The van der Waals surface area contributed by atoms with Gasteiger partial charge in [-0.3, -0.25) is 14.6 Å². The summed E-state index contributed by atoms with van der Waals surface area (Å²) in [5, 5.41) is 2.94. The van der Waals surface area contributed by atoms with Gasteiger partial charge in [0.2, 0.25) is 5.91 Å². The zero-order chi connectivity index (χ0) is 19.4. The molecule has 0 bridgehead atoms. The Kier molecular flexibility index (Phi) is 5.74. The maximum absolute atomic E-state index is 13.1. The number of amides is 2. The van der Waals surface area contributed by atoms with Crippen molar-refractivity contribution >= 4 is 17.5 Å². The number of methoxy groups -OCH3 is 1. The molecule has 142 valence electrons. The number of nitrogens with one attached hydrogen (secondary N) is 1. The van der Waals surface area contributed by atoms with Crippen molar-refractivity contribution in [2.45, 2.75) is 39.2 Å². The zero-order valence-electron chi connectivity index (χ0n) is 16.0. The number of carbonyl (C=O) groups excluding carboxylic acids is 2. The van der Waals surface area contributed by atoms with Crippen molar-refractivity contribution in [3.8, 4) is 5.75 Å². The van der Waals surface area contributed by atoms with Gasteiger partial charge in [-0.1, -0.05) is 13.0 Å². The van der Waals surface area contributed by atoms with Crippen LogP contribution in [0.4, 0.5) is 5.69 Å². The molecule has 2 amide bonds. The summed E-state index contributed by atoms with van der Waals surface area (Å²) < 4.78 is 5.34. The molecule has 6 nitrogen and oxygen atoms in total. The third kappa shape index (κ3) is 3.94. The van der Waals surface area contributed by atoms with E-state index in [2.05, 4.69) is 10.3 Å². The molecule has 1 unspecified atom stereocenters. The smallest absolute Gasteiger partial charge is 0.254 e. The quantitative estimate of drug-likeness (QED) is 0.881. The van der Waals surface area contributed by atoms with Crippen LogP contribution in [0.15, 0.2) is 36.7 Å². The van der Waals surface area contributed by atoms with Crippen molar-refractivity contribution in [1.29, 1.82) is 0 Å². The Hall–Kier alpha value is -2.89. The molecule has 0 aliphatic carbocycles. The van der Waals surface area contributed by atoms with Crippen molar-refractivity contribution in [1.82, 2.24) is 9.88 Å². The molecular formula is C21H25N3O3. The van der Waals surface area contributed by atoms with Gasteiger partial charge in [0.25, 0.3) is 5.91 Å². The minimum absolute atomic E-state index is 0.108. The number of nitrogens with zero attached hydrogens (tertiary/aromatic N) is 2. The average Bonchev–Trinajstić information content (AvgIpc) is 3.17. The summed E-state index contributed by atoms with van der Waals surface area (Å²) >= 11 is 0. The van der Waals surface area contributed by atoms with Crippen molar-refractivity contribution < 1.29 is 14.3 Å². The van der Waals surface area contributed by atoms with Crippen LogP contribution < -0.4 is 10.1 Å². The molecule has 1 saturated heterocycles. The Morgan fingerprint density at radius 2 is 2.15 bits per heavy atom. The molecule has 1 aliphatic rings. The summed E-state index contributed by atoms with van der Waals surface area (Å²) in [4.78, 5) is 31.8. The van der Waals surface area contributed by atoms with Gasteiger partial charge in [-0.2, -0.15) is 0 Å². The van der Waals surface area contributed by atoms with Crippen molar-refractivity contribution in [3.05, 3.63) is 53.3 Å². The summed E-state index contributed by atoms with van der Waals surface area (Å²) in [5.74, 6) is 0.312. The number of likely N-dealkylation sites (tertiary alicyclic amines) is 1. The van der Waals surface area contributed by atoms with Crippen molar-refractivity contribution in [2.24, 2.45) is 0 Å². The molecule has 1 atom stereocenters. The molecule has 0 radical (unpaired) electrons. The Morgan fingerprint density at radius 3 is 2.89 bits per heavy atom. The number of hydrogen-bond donors (Lipinski definition) is 1. The second kappa shape index (κ2) is 8.20. The van der Waals surface area contributed by atoms with Gasteiger partial charge in [-0.05, 0) is 55.5 Å². The summed E-state index contributed by atoms with van der Waals surface area (Å²) in [6.07, 6.45) is 5.52. The van der Waals surface area contributed by atoms with Crippen LogP contribution in [0.3, 0.4) is 0 Å². The molecule has 1 N–H and O–H groups in total. The Balaban J connectivity index is 1.81. The molecule has 0 spiro atoms. The molecule has 1 aromatic heterocycles. The number of carbonyl (C=O) groups is 2. The summed E-state index contributed by atoms with van der Waals surface area (Å²) in [6.45, 7) is 4.52. The number of benzene rings is 1. The van der Waals surface area contributed by atoms with E-state index >= 15 is 0 Å². The molecular weight excluding hydrogens is 342 g/mol. The van der Waals surface area contributed by atoms with Gasteiger partial charge in [0.1, 0.15) is 11.8 Å². The van der Waals surface area contributed by atoms with Gasteiger partial charge in [-0.15, -0.1) is 0 Å². The van der Waals surface area contributed by atoms with Gasteiger partial charge in [0, 0.05) is 24.5 Å². The summed E-state index contributed by atoms with van der Waals surface area (Å²) in [7, 11) is 1.57. The van der Waals surface area contributed by atoms with Gasteiger partial charge in [0.05, 0.1) is 12.8 Å². The lowest BCUT2D eigenvalue weighted by molar-refractivity contribution is -0.119. The first-order valence-electron chi connectivity index (χ1n) is 9.24. The van der Waals surface area contributed by atoms with Crippen LogP contribution in [0.5, 0.6) is 5.75 Å². The molecule has 2 aromatic rings. The summed E-state index contributed by atoms with van der Waals surface area (Å²) in [6, 6.07) is 6.87. The van der Waals surface area contributed by atoms with Gasteiger partial charge in [-0.25, -0.2) is 0 Å². The SMILES string of the molecule is CCc1cnccc1C(=O)N1CCCC1C(=O)Nc1cc(C)ccc1OC. The Morgan fingerprint density at radius 1 is 1.33 bits per heavy atom. The Bertz CT molecular complexity index is 850. The lowest BCUT2D eigenvalue weighted by atomic mass is 10.1. The number of rotatable bonds is 5. The predicted octanol–water partition coefficient (Wildman–Crippen LogP) is 3.20. The van der Waals surface area contributed by atoms with Crippen LogP contribution in [-0.4, -0.2) is 41.4 Å². The molecule has 1 aliphatic heterocycles. The second-order valence-electron chi connectivity index (χ2n) is 6.74. The first-order valence-corrected chi connectivity index (χ1v) is 9.24. The van der Waals surface area contributed by atoms with Gasteiger partial charge in [0.15, 0.2) is 0 Å². The largest absolute Gasteiger partial charge is 0.495 e. The highest BCUT2D eigenvalue weighted by Crippen LogP contribution is 2.28. The van der Waals surface area contributed by atoms with E-state index in [1.807, 2.05) is 32.0 Å². The highest BCUT2D eigenvalue weighted by molar-refractivity contribution is 6.02. The topological polar surface area (TPSA) is 71.5 Å². The van der Waals surface area contributed by atoms with E-state index in [-0.39, 0.29) is 11.8 Å². The number of aryl methyl sites for hydroxylation is 2. The van der Waals surface area contributed by atoms with E-state index in [0.29, 0.717) is 30.0 Å². The third-order valence-electron chi connectivity index (χ3n) is 4.94. The van der Waals surface area contributed by atoms with Gasteiger partial charge < -0.3 is 15.0 Å². The zero-order valence-corrected chi connectivity index (χ0v) is 16.0. The molecule has 6 heteroatoms. The van der Waals surface area contributed by atoms with E-state index < -0.39 is 6.04 Å². The van der Waals surface area contributed by atoms with Crippen LogP contribution in [0, 0.1) is 6.92 Å². The molecule has 3 rings (SSSR count). The van der Waals surface area contributed by atoms with Gasteiger partial charge >= 0.3 is 0 Å². The van der Waals surface area contributed by atoms with Crippen LogP contribution in [0.25, 0.3) is 0 Å². The van der Waals surface area contributed by atoms with Crippen LogP contribution in [-0.2, 0) is 11.2 Å². The highest BCUT2D eigenvalue weighted by atomic mass is 16.5. The van der Waals surface area contributed by atoms with E-state index in [1.54, 1.807) is 30.5 Å². The minimum Gasteiger partial charge on any atom is -0.495 e. The lowest BCUT2D eigenvalue weighted by Crippen LogP contribution is -2.43. The third-order valence-corrected chi connectivity index (χ3v) is 4.94. The number of hydrogen-bond acceptors (Lipinski definition) is 4. The number of aromatic nitrogens is 1. The fourth-order valence-electron chi connectivity index (χ4n) is 3.49. The number of pyridine rings is 1. The molecule has 1 fully saturated rings. The lowest BCUT2D eigenvalue weighted by Gasteiger charge is -2.25. The Labute approximate surface area is 159 Å². The van der Waals surface area contributed by atoms with Crippen molar-refractivity contribution in [2.75, 3.05) is 19.0 Å². The number of ether oxygens (including phenoxy) is 1. The maximum Gasteiger partial charge on any atom is 0.254 e. The molecule has 2 heterocycles. The van der Waals surface area contributed by atoms with E-state index in [4.69, 9.17) is 4.74 Å². The number of anilines is 1. The molecule has 0 saturated carbocycles. The molecule has 1 aromatic carbocycles. The first-order chi connectivity index (χ1) is 13.0. The van der Waals surface area contributed by atoms with Crippen molar-refractivity contribution in [3.63, 3.8) is 0 Å². The minimum atomic E-state index is -0.486. The maximum atomic E-state index is 13.1. The van der Waals surface area contributed by atoms with Crippen LogP contribution in [0.2, 0.25) is 0 Å². The van der Waals surface area contributed by atoms with E-state index in [0.717, 1.165) is 24.0 Å². The first kappa shape index (κ1) is 18.9. The fraction of sp³-hybridized carbons (Fsp3) is 0.381. The molecule has 27 heavy (non-hydrogen) atoms. The normalized spacial score (nSPS) is 16.3. The fourth-order valence-corrected chi connectivity index (χ4v) is 3.49. The van der Waals surface area contributed by atoms with E-state index in [9.17, 15) is 9.59 Å². The highest BCUT2D eigenvalue weighted by Gasteiger charge is 2.35. The van der Waals surface area contributed by atoms with E-state index in [1.165, 1.54) is 0 Å². The standard InChI is InChI=1S/C21H25N3O3/c1-4-15-13-22-10-9-16(15)21(26)24-11-5-6-18(24)20(25)23-17-12-14(2)7-8-19(17)27-3/h7-10,12-13,18H,4-6,11H2,1-3H3,(H,23,25). The van der Waals surface area contributed by atoms with Crippen LogP contribution in [0.1, 0.15) is 41.3 Å². The van der Waals surface area contributed by atoms with Crippen LogP contribution >= 0.6 is 0 Å².